The number of carboxylic acids is 1. The van der Waals surface area contributed by atoms with Crippen LogP contribution in [0.15, 0.2) is 42.5 Å². The molecule has 0 radical (unpaired) electrons. The third-order valence-corrected chi connectivity index (χ3v) is 2.94. The molecule has 0 bridgehead atoms. The van der Waals surface area contributed by atoms with Crippen molar-refractivity contribution < 1.29 is 24.2 Å². The van der Waals surface area contributed by atoms with E-state index in [9.17, 15) is 9.59 Å². The summed E-state index contributed by atoms with van der Waals surface area (Å²) >= 11 is 0. The predicted octanol–water partition coefficient (Wildman–Crippen LogP) is 2.78. The summed E-state index contributed by atoms with van der Waals surface area (Å²) in [5, 5.41) is 8.83. The molecule has 0 heterocycles. The minimum atomic E-state index is -0.976. The Morgan fingerprint density at radius 1 is 1.19 bits per heavy atom. The van der Waals surface area contributed by atoms with E-state index in [0.717, 1.165) is 5.56 Å². The zero-order valence-electron chi connectivity index (χ0n) is 11.4. The summed E-state index contributed by atoms with van der Waals surface area (Å²) in [5.41, 5.74) is 1.41. The Kier molecular flexibility index (Phi) is 4.56. The van der Waals surface area contributed by atoms with Crippen LogP contribution in [0.2, 0.25) is 0 Å². The number of aromatic carboxylic acids is 1. The van der Waals surface area contributed by atoms with E-state index in [1.54, 1.807) is 30.3 Å². The van der Waals surface area contributed by atoms with Gasteiger partial charge in [0.25, 0.3) is 0 Å². The van der Waals surface area contributed by atoms with Crippen LogP contribution in [-0.2, 0) is 6.61 Å². The van der Waals surface area contributed by atoms with Crippen molar-refractivity contribution in [3.8, 4) is 11.5 Å². The Morgan fingerprint density at radius 3 is 2.48 bits per heavy atom. The van der Waals surface area contributed by atoms with Crippen LogP contribution >= 0.6 is 0 Å². The maximum Gasteiger partial charge on any atom is 0.335 e. The SMILES string of the molecule is COc1cccc(C=O)c1OCc1ccc(C(=O)O)cc1. The summed E-state index contributed by atoms with van der Waals surface area (Å²) in [6, 6.07) is 11.4. The van der Waals surface area contributed by atoms with Gasteiger partial charge in [0.2, 0.25) is 0 Å². The highest BCUT2D eigenvalue weighted by atomic mass is 16.5. The minimum absolute atomic E-state index is 0.209. The second kappa shape index (κ2) is 6.56. The molecule has 0 aliphatic heterocycles. The van der Waals surface area contributed by atoms with E-state index in [0.29, 0.717) is 23.3 Å². The van der Waals surface area contributed by atoms with Gasteiger partial charge in [0.05, 0.1) is 18.2 Å². The fourth-order valence-electron chi connectivity index (χ4n) is 1.84. The van der Waals surface area contributed by atoms with Crippen molar-refractivity contribution in [2.45, 2.75) is 6.61 Å². The monoisotopic (exact) mass is 286 g/mol. The first kappa shape index (κ1) is 14.6. The topological polar surface area (TPSA) is 72.8 Å². The Balaban J connectivity index is 2.16. The van der Waals surface area contributed by atoms with Crippen molar-refractivity contribution in [3.63, 3.8) is 0 Å². The molecule has 21 heavy (non-hydrogen) atoms. The molecule has 0 saturated carbocycles. The molecular weight excluding hydrogens is 272 g/mol. The van der Waals surface area contributed by atoms with Crippen LogP contribution < -0.4 is 9.47 Å². The Bertz CT molecular complexity index is 646. The molecule has 108 valence electrons. The first-order valence-electron chi connectivity index (χ1n) is 6.23. The van der Waals surface area contributed by atoms with Gasteiger partial charge in [-0.1, -0.05) is 18.2 Å². The van der Waals surface area contributed by atoms with E-state index in [-0.39, 0.29) is 12.2 Å². The first-order chi connectivity index (χ1) is 10.2. The van der Waals surface area contributed by atoms with Crippen molar-refractivity contribution in [1.29, 1.82) is 0 Å². The molecule has 2 aromatic carbocycles. The van der Waals surface area contributed by atoms with Gasteiger partial charge in [-0.3, -0.25) is 4.79 Å². The van der Waals surface area contributed by atoms with Gasteiger partial charge in [0, 0.05) is 0 Å². The number of para-hydroxylation sites is 1. The maximum absolute atomic E-state index is 11.0. The molecule has 5 nitrogen and oxygen atoms in total. The Labute approximate surface area is 121 Å². The van der Waals surface area contributed by atoms with Crippen molar-refractivity contribution in [2.24, 2.45) is 0 Å². The Morgan fingerprint density at radius 2 is 1.90 bits per heavy atom. The number of hydrogen-bond acceptors (Lipinski definition) is 4. The highest BCUT2D eigenvalue weighted by molar-refractivity contribution is 5.87. The normalized spacial score (nSPS) is 9.95. The predicted molar refractivity (Wildman–Crippen MR) is 76.1 cm³/mol. The van der Waals surface area contributed by atoms with Crippen LogP contribution in [0.25, 0.3) is 0 Å². The molecule has 0 amide bonds. The first-order valence-corrected chi connectivity index (χ1v) is 6.23. The van der Waals surface area contributed by atoms with E-state index >= 15 is 0 Å². The largest absolute Gasteiger partial charge is 0.493 e. The summed E-state index contributed by atoms with van der Waals surface area (Å²) in [5.74, 6) is -0.130. The van der Waals surface area contributed by atoms with Gasteiger partial charge in [-0.15, -0.1) is 0 Å². The summed E-state index contributed by atoms with van der Waals surface area (Å²) < 4.78 is 10.8. The van der Waals surface area contributed by atoms with Crippen LogP contribution in [0, 0.1) is 0 Å². The van der Waals surface area contributed by atoms with Gasteiger partial charge < -0.3 is 14.6 Å². The smallest absolute Gasteiger partial charge is 0.335 e. The molecule has 0 atom stereocenters. The molecule has 0 aliphatic carbocycles. The molecule has 2 aromatic rings. The number of aldehydes is 1. The summed E-state index contributed by atoms with van der Waals surface area (Å²) in [6.07, 6.45) is 0.700. The molecule has 0 spiro atoms. The third-order valence-electron chi connectivity index (χ3n) is 2.94. The quantitative estimate of drug-likeness (QED) is 0.827. The third kappa shape index (κ3) is 3.39. The number of rotatable bonds is 6. The number of benzene rings is 2. The molecule has 0 aliphatic rings. The van der Waals surface area contributed by atoms with E-state index in [1.807, 2.05) is 0 Å². The summed E-state index contributed by atoms with van der Waals surface area (Å²) in [4.78, 5) is 21.8. The average Bonchev–Trinajstić information content (AvgIpc) is 2.52. The van der Waals surface area contributed by atoms with Gasteiger partial charge in [0.15, 0.2) is 17.8 Å². The zero-order valence-corrected chi connectivity index (χ0v) is 11.4. The Hall–Kier alpha value is -2.82. The molecule has 0 unspecified atom stereocenters. The number of carbonyl (C=O) groups is 2. The van der Waals surface area contributed by atoms with Crippen LogP contribution in [-0.4, -0.2) is 24.5 Å². The van der Waals surface area contributed by atoms with Crippen LogP contribution in [0.1, 0.15) is 26.3 Å². The van der Waals surface area contributed by atoms with E-state index < -0.39 is 5.97 Å². The second-order valence-electron chi connectivity index (χ2n) is 4.29. The minimum Gasteiger partial charge on any atom is -0.493 e. The average molecular weight is 286 g/mol. The lowest BCUT2D eigenvalue weighted by Crippen LogP contribution is -2.02. The highest BCUT2D eigenvalue weighted by Crippen LogP contribution is 2.30. The van der Waals surface area contributed by atoms with Crippen LogP contribution in [0.4, 0.5) is 0 Å². The highest BCUT2D eigenvalue weighted by Gasteiger charge is 2.10. The fourth-order valence-corrected chi connectivity index (χ4v) is 1.84. The number of ether oxygens (including phenoxy) is 2. The van der Waals surface area contributed by atoms with E-state index in [4.69, 9.17) is 14.6 Å². The van der Waals surface area contributed by atoms with Crippen molar-refractivity contribution >= 4 is 12.3 Å². The molecule has 0 saturated heterocycles. The van der Waals surface area contributed by atoms with Crippen LogP contribution in [0.5, 0.6) is 11.5 Å². The maximum atomic E-state index is 11.0. The van der Waals surface area contributed by atoms with Gasteiger partial charge in [0.1, 0.15) is 6.61 Å². The second-order valence-corrected chi connectivity index (χ2v) is 4.29. The van der Waals surface area contributed by atoms with Gasteiger partial charge >= 0.3 is 5.97 Å². The van der Waals surface area contributed by atoms with E-state index in [1.165, 1.54) is 19.2 Å². The van der Waals surface area contributed by atoms with Crippen LogP contribution in [0.3, 0.4) is 0 Å². The molecular formula is C16H14O5. The molecule has 5 heteroatoms. The van der Waals surface area contributed by atoms with Gasteiger partial charge in [-0.25, -0.2) is 4.79 Å². The van der Waals surface area contributed by atoms with E-state index in [2.05, 4.69) is 0 Å². The van der Waals surface area contributed by atoms with Gasteiger partial charge in [-0.05, 0) is 29.8 Å². The number of carbonyl (C=O) groups excluding carboxylic acids is 1. The molecule has 1 N–H and O–H groups in total. The van der Waals surface area contributed by atoms with Crippen molar-refractivity contribution in [1.82, 2.24) is 0 Å². The number of methoxy groups -OCH3 is 1. The standard InChI is InChI=1S/C16H14O5/c1-20-14-4-2-3-13(9-17)15(14)21-10-11-5-7-12(8-6-11)16(18)19/h2-9H,10H2,1H3,(H,18,19). The summed E-state index contributed by atoms with van der Waals surface area (Å²) in [7, 11) is 1.50. The lowest BCUT2D eigenvalue weighted by Gasteiger charge is -2.12. The zero-order chi connectivity index (χ0) is 15.2. The van der Waals surface area contributed by atoms with Crippen molar-refractivity contribution in [2.75, 3.05) is 7.11 Å². The lowest BCUT2D eigenvalue weighted by atomic mass is 10.1. The number of hydrogen-bond donors (Lipinski definition) is 1. The molecule has 0 aromatic heterocycles. The molecule has 2 rings (SSSR count). The number of carboxylic acid groups (broad SMARTS) is 1. The summed E-state index contributed by atoms with van der Waals surface area (Å²) in [6.45, 7) is 0.209. The fraction of sp³-hybridized carbons (Fsp3) is 0.125. The lowest BCUT2D eigenvalue weighted by molar-refractivity contribution is 0.0696. The molecule has 0 fully saturated rings. The van der Waals surface area contributed by atoms with Crippen molar-refractivity contribution in [3.05, 3.63) is 59.2 Å². The van der Waals surface area contributed by atoms with Gasteiger partial charge in [-0.2, -0.15) is 0 Å².